The number of anilines is 1. The number of rotatable bonds is 6. The van der Waals surface area contributed by atoms with Gasteiger partial charge in [-0.2, -0.15) is 0 Å². The summed E-state index contributed by atoms with van der Waals surface area (Å²) < 4.78 is 58.7. The van der Waals surface area contributed by atoms with Gasteiger partial charge in [0.2, 0.25) is 0 Å². The van der Waals surface area contributed by atoms with Gasteiger partial charge in [-0.3, -0.25) is 9.52 Å². The van der Waals surface area contributed by atoms with Crippen molar-refractivity contribution < 1.29 is 31.5 Å². The molecule has 0 saturated carbocycles. The Bertz CT molecular complexity index is 1130. The summed E-state index contributed by atoms with van der Waals surface area (Å²) in [6.45, 7) is 5.48. The fourth-order valence-corrected chi connectivity index (χ4v) is 4.95. The number of ether oxygens (including phenoxy) is 1. The van der Waals surface area contributed by atoms with Gasteiger partial charge in [0.25, 0.3) is 15.9 Å². The number of nitrogens with one attached hydrogen (secondary N) is 1. The minimum Gasteiger partial charge on any atom is -0.449 e. The number of sulfonamides is 1. The van der Waals surface area contributed by atoms with E-state index in [1.807, 2.05) is 13.8 Å². The summed E-state index contributed by atoms with van der Waals surface area (Å²) in [5.74, 6) is -3.41. The van der Waals surface area contributed by atoms with Gasteiger partial charge in [-0.1, -0.05) is 0 Å². The number of carbonyl (C=O) groups is 2. The number of nitrogens with zero attached hydrogens (tertiary/aromatic N) is 1. The van der Waals surface area contributed by atoms with E-state index >= 15 is 0 Å². The number of amides is 1. The minimum absolute atomic E-state index is 0.0734. The number of piperidine rings is 1. The van der Waals surface area contributed by atoms with Gasteiger partial charge < -0.3 is 9.64 Å². The Hall–Kier alpha value is -3.01. The van der Waals surface area contributed by atoms with E-state index in [2.05, 4.69) is 4.72 Å². The van der Waals surface area contributed by atoms with Gasteiger partial charge in [-0.15, -0.1) is 0 Å². The zero-order chi connectivity index (χ0) is 24.3. The van der Waals surface area contributed by atoms with Crippen LogP contribution >= 0.6 is 0 Å². The average Bonchev–Trinajstić information content (AvgIpc) is 2.75. The molecule has 10 heteroatoms. The second-order valence-corrected chi connectivity index (χ2v) is 9.86. The number of benzene rings is 2. The molecule has 1 heterocycles. The van der Waals surface area contributed by atoms with Crippen molar-refractivity contribution in [3.05, 3.63) is 59.7 Å². The molecule has 1 aliphatic heterocycles. The van der Waals surface area contributed by atoms with Crippen LogP contribution in [-0.4, -0.2) is 43.4 Å². The highest BCUT2D eigenvalue weighted by atomic mass is 32.2. The van der Waals surface area contributed by atoms with Crippen LogP contribution in [0.15, 0.2) is 47.4 Å². The van der Waals surface area contributed by atoms with Gasteiger partial charge in [-0.05, 0) is 82.5 Å². The zero-order valence-corrected chi connectivity index (χ0v) is 19.4. The van der Waals surface area contributed by atoms with Gasteiger partial charge in [0.1, 0.15) is 0 Å². The van der Waals surface area contributed by atoms with Crippen molar-refractivity contribution in [2.75, 3.05) is 4.72 Å². The number of likely N-dealkylation sites (tertiary alicyclic amines) is 1. The molecule has 2 aromatic rings. The van der Waals surface area contributed by atoms with Crippen molar-refractivity contribution in [1.82, 2.24) is 4.90 Å². The van der Waals surface area contributed by atoms with E-state index in [-0.39, 0.29) is 29.2 Å². The number of carbonyl (C=O) groups excluding carboxylic acids is 2. The SMILES string of the molecule is C[C@H](OC(=O)c1ccc(NS(=O)(=O)c2ccc(F)c(F)c2)cc1)C(=O)N1[C@H](C)CCC[C@H]1C. The topological polar surface area (TPSA) is 92.8 Å². The lowest BCUT2D eigenvalue weighted by atomic mass is 9.97. The third kappa shape index (κ3) is 5.68. The maximum atomic E-state index is 13.4. The Morgan fingerprint density at radius 2 is 1.64 bits per heavy atom. The predicted octanol–water partition coefficient (Wildman–Crippen LogP) is 4.10. The first kappa shape index (κ1) is 24.6. The van der Waals surface area contributed by atoms with Crippen LogP contribution in [0, 0.1) is 11.6 Å². The largest absolute Gasteiger partial charge is 0.449 e. The quantitative estimate of drug-likeness (QED) is 0.629. The number of esters is 1. The summed E-state index contributed by atoms with van der Waals surface area (Å²) in [5, 5.41) is 0. The van der Waals surface area contributed by atoms with Crippen molar-refractivity contribution in [2.24, 2.45) is 0 Å². The van der Waals surface area contributed by atoms with Crippen LogP contribution in [0.25, 0.3) is 0 Å². The summed E-state index contributed by atoms with van der Waals surface area (Å²) in [6.07, 6.45) is 1.89. The normalized spacial score (nSPS) is 19.6. The van der Waals surface area contributed by atoms with Crippen molar-refractivity contribution in [2.45, 2.75) is 63.1 Å². The lowest BCUT2D eigenvalue weighted by Crippen LogP contribution is -2.51. The van der Waals surface area contributed by atoms with Crippen molar-refractivity contribution >= 4 is 27.6 Å². The molecule has 2 aromatic carbocycles. The van der Waals surface area contributed by atoms with Gasteiger partial charge in [0.05, 0.1) is 10.5 Å². The first-order chi connectivity index (χ1) is 15.5. The summed E-state index contributed by atoms with van der Waals surface area (Å²) in [4.78, 5) is 26.6. The smallest absolute Gasteiger partial charge is 0.338 e. The fraction of sp³-hybridized carbons (Fsp3) is 0.391. The molecule has 0 bridgehead atoms. The fourth-order valence-electron chi connectivity index (χ4n) is 3.88. The third-order valence-electron chi connectivity index (χ3n) is 5.65. The lowest BCUT2D eigenvalue weighted by molar-refractivity contribution is -0.146. The maximum absolute atomic E-state index is 13.4. The molecule has 0 spiro atoms. The Morgan fingerprint density at radius 3 is 2.21 bits per heavy atom. The lowest BCUT2D eigenvalue weighted by Gasteiger charge is -2.40. The molecule has 7 nitrogen and oxygen atoms in total. The molecular formula is C23H26F2N2O5S. The van der Waals surface area contributed by atoms with Crippen LogP contribution in [0.2, 0.25) is 0 Å². The summed E-state index contributed by atoms with van der Waals surface area (Å²) >= 11 is 0. The minimum atomic E-state index is -4.16. The highest BCUT2D eigenvalue weighted by Gasteiger charge is 2.33. The Balaban J connectivity index is 1.65. The van der Waals surface area contributed by atoms with E-state index in [0.717, 1.165) is 31.4 Å². The molecule has 0 aliphatic carbocycles. The molecule has 3 rings (SSSR count). The molecule has 1 aliphatic rings. The third-order valence-corrected chi connectivity index (χ3v) is 7.03. The second-order valence-electron chi connectivity index (χ2n) is 8.18. The molecule has 3 atom stereocenters. The predicted molar refractivity (Wildman–Crippen MR) is 118 cm³/mol. The number of hydrogen-bond donors (Lipinski definition) is 1. The van der Waals surface area contributed by atoms with E-state index < -0.39 is 38.6 Å². The summed E-state index contributed by atoms with van der Waals surface area (Å²) in [7, 11) is -4.16. The molecule has 33 heavy (non-hydrogen) atoms. The van der Waals surface area contributed by atoms with E-state index in [4.69, 9.17) is 4.74 Å². The average molecular weight is 481 g/mol. The molecule has 1 fully saturated rings. The van der Waals surface area contributed by atoms with Crippen LogP contribution in [-0.2, 0) is 19.6 Å². The van der Waals surface area contributed by atoms with Crippen molar-refractivity contribution in [3.8, 4) is 0 Å². The Kier molecular flexibility index (Phi) is 7.36. The van der Waals surface area contributed by atoms with Crippen molar-refractivity contribution in [1.29, 1.82) is 0 Å². The highest BCUT2D eigenvalue weighted by Crippen LogP contribution is 2.24. The molecule has 1 N–H and O–H groups in total. The van der Waals surface area contributed by atoms with Gasteiger partial charge in [0.15, 0.2) is 17.7 Å². The molecule has 178 valence electrons. The van der Waals surface area contributed by atoms with Crippen molar-refractivity contribution in [3.63, 3.8) is 0 Å². The molecule has 0 aromatic heterocycles. The van der Waals surface area contributed by atoms with Gasteiger partial charge in [0, 0.05) is 17.8 Å². The van der Waals surface area contributed by atoms with Gasteiger partial charge >= 0.3 is 5.97 Å². The summed E-state index contributed by atoms with van der Waals surface area (Å²) in [6, 6.07) is 7.72. The zero-order valence-electron chi connectivity index (χ0n) is 18.5. The maximum Gasteiger partial charge on any atom is 0.338 e. The van der Waals surface area contributed by atoms with Crippen LogP contribution in [0.3, 0.4) is 0 Å². The summed E-state index contributed by atoms with van der Waals surface area (Å²) in [5.41, 5.74) is 0.238. The van der Waals surface area contributed by atoms with E-state index in [1.54, 1.807) is 4.90 Å². The number of halogens is 2. The molecule has 1 amide bonds. The second kappa shape index (κ2) is 9.86. The van der Waals surface area contributed by atoms with Crippen LogP contribution < -0.4 is 4.72 Å². The van der Waals surface area contributed by atoms with Crippen LogP contribution in [0.5, 0.6) is 0 Å². The van der Waals surface area contributed by atoms with Gasteiger partial charge in [-0.25, -0.2) is 22.0 Å². The van der Waals surface area contributed by atoms with E-state index in [0.29, 0.717) is 6.07 Å². The van der Waals surface area contributed by atoms with E-state index in [1.165, 1.54) is 31.2 Å². The van der Waals surface area contributed by atoms with E-state index in [9.17, 15) is 26.8 Å². The number of hydrogen-bond acceptors (Lipinski definition) is 5. The highest BCUT2D eigenvalue weighted by molar-refractivity contribution is 7.92. The Labute approximate surface area is 191 Å². The molecular weight excluding hydrogens is 454 g/mol. The molecule has 1 saturated heterocycles. The van der Waals surface area contributed by atoms with Crippen LogP contribution in [0.1, 0.15) is 50.4 Å². The first-order valence-corrected chi connectivity index (χ1v) is 12.1. The standard InChI is InChI=1S/C23H26F2N2O5S/c1-14-5-4-6-15(2)27(14)22(28)16(3)32-23(29)17-7-9-18(10-8-17)26-33(30,31)19-11-12-20(24)21(25)13-19/h7-16,26H,4-6H2,1-3H3/t14-,15-,16+/m1/s1. The molecule has 0 unspecified atom stereocenters. The monoisotopic (exact) mass is 480 g/mol. The first-order valence-electron chi connectivity index (χ1n) is 10.6. The van der Waals surface area contributed by atoms with Crippen LogP contribution in [0.4, 0.5) is 14.5 Å². The Morgan fingerprint density at radius 1 is 1.03 bits per heavy atom. The molecule has 0 radical (unpaired) electrons.